The highest BCUT2D eigenvalue weighted by molar-refractivity contribution is 7.08. The second kappa shape index (κ2) is 6.95. The second-order valence-corrected chi connectivity index (χ2v) is 8.20. The van der Waals surface area contributed by atoms with Crippen molar-refractivity contribution in [2.45, 2.75) is 53.0 Å². The molecule has 2 heterocycles. The third kappa shape index (κ3) is 4.78. The second-order valence-electron chi connectivity index (χ2n) is 7.42. The summed E-state index contributed by atoms with van der Waals surface area (Å²) >= 11 is 1.80. The molecule has 1 aromatic rings. The molecule has 3 heteroatoms. The molecule has 1 N–H and O–H groups in total. The van der Waals surface area contributed by atoms with Gasteiger partial charge in [-0.2, -0.15) is 11.3 Å². The molecule has 1 fully saturated rings. The van der Waals surface area contributed by atoms with Crippen LogP contribution in [0.15, 0.2) is 16.8 Å². The lowest BCUT2D eigenvalue weighted by Gasteiger charge is -2.40. The van der Waals surface area contributed by atoms with Gasteiger partial charge in [0.05, 0.1) is 0 Å². The SMILES string of the molecule is CCCC1CC(NCC(C)(C)C)CN(c2ccsc2)C1. The largest absolute Gasteiger partial charge is 0.369 e. The van der Waals surface area contributed by atoms with E-state index in [1.807, 2.05) is 0 Å². The number of rotatable bonds is 5. The first kappa shape index (κ1) is 15.8. The van der Waals surface area contributed by atoms with Crippen LogP contribution < -0.4 is 10.2 Å². The smallest absolute Gasteiger partial charge is 0.0475 e. The fraction of sp³-hybridized carbons (Fsp3) is 0.765. The molecule has 20 heavy (non-hydrogen) atoms. The van der Waals surface area contributed by atoms with Gasteiger partial charge in [-0.1, -0.05) is 34.1 Å². The van der Waals surface area contributed by atoms with Crippen molar-refractivity contribution in [1.82, 2.24) is 5.32 Å². The van der Waals surface area contributed by atoms with Crippen molar-refractivity contribution in [2.75, 3.05) is 24.5 Å². The molecule has 1 aromatic heterocycles. The summed E-state index contributed by atoms with van der Waals surface area (Å²) < 4.78 is 0. The predicted octanol–water partition coefficient (Wildman–Crippen LogP) is 4.38. The monoisotopic (exact) mass is 294 g/mol. The van der Waals surface area contributed by atoms with Crippen LogP contribution in [0, 0.1) is 11.3 Å². The van der Waals surface area contributed by atoms with Crippen LogP contribution in [0.3, 0.4) is 0 Å². The zero-order chi connectivity index (χ0) is 14.6. The highest BCUT2D eigenvalue weighted by Crippen LogP contribution is 2.28. The Morgan fingerprint density at radius 2 is 2.15 bits per heavy atom. The Morgan fingerprint density at radius 1 is 1.35 bits per heavy atom. The van der Waals surface area contributed by atoms with Gasteiger partial charge in [-0.25, -0.2) is 0 Å². The summed E-state index contributed by atoms with van der Waals surface area (Å²) in [5.74, 6) is 0.839. The van der Waals surface area contributed by atoms with Gasteiger partial charge >= 0.3 is 0 Å². The Hall–Kier alpha value is -0.540. The molecule has 1 aliphatic heterocycles. The molecule has 114 valence electrons. The van der Waals surface area contributed by atoms with Crippen molar-refractivity contribution in [3.05, 3.63) is 16.8 Å². The predicted molar refractivity (Wildman–Crippen MR) is 90.8 cm³/mol. The number of anilines is 1. The fourth-order valence-corrected chi connectivity index (χ4v) is 3.73. The molecule has 1 aliphatic rings. The molecular formula is C17H30N2S. The van der Waals surface area contributed by atoms with Crippen LogP contribution in [0.4, 0.5) is 5.69 Å². The van der Waals surface area contributed by atoms with Crippen molar-refractivity contribution in [1.29, 1.82) is 0 Å². The molecular weight excluding hydrogens is 264 g/mol. The summed E-state index contributed by atoms with van der Waals surface area (Å²) in [7, 11) is 0. The minimum Gasteiger partial charge on any atom is -0.369 e. The lowest BCUT2D eigenvalue weighted by molar-refractivity contribution is 0.282. The number of hydrogen-bond donors (Lipinski definition) is 1. The van der Waals surface area contributed by atoms with Crippen LogP contribution in [-0.4, -0.2) is 25.7 Å². The Morgan fingerprint density at radius 3 is 2.75 bits per heavy atom. The number of nitrogens with one attached hydrogen (secondary N) is 1. The molecule has 0 spiro atoms. The first-order valence-electron chi connectivity index (χ1n) is 7.98. The van der Waals surface area contributed by atoms with E-state index < -0.39 is 0 Å². The summed E-state index contributed by atoms with van der Waals surface area (Å²) in [6.45, 7) is 12.7. The lowest BCUT2D eigenvalue weighted by Crippen LogP contribution is -2.50. The minimum atomic E-state index is 0.366. The van der Waals surface area contributed by atoms with Crippen molar-refractivity contribution in [3.63, 3.8) is 0 Å². The first-order valence-corrected chi connectivity index (χ1v) is 8.93. The minimum absolute atomic E-state index is 0.366. The standard InChI is InChI=1S/C17H30N2S/c1-5-6-14-9-15(18-13-17(2,3)4)11-19(10-14)16-7-8-20-12-16/h7-8,12,14-15,18H,5-6,9-11,13H2,1-4H3. The average Bonchev–Trinajstić information content (AvgIpc) is 2.89. The van der Waals surface area contributed by atoms with Crippen molar-refractivity contribution in [2.24, 2.45) is 11.3 Å². The van der Waals surface area contributed by atoms with E-state index in [1.165, 1.54) is 31.5 Å². The van der Waals surface area contributed by atoms with Crippen LogP contribution in [0.2, 0.25) is 0 Å². The maximum absolute atomic E-state index is 3.80. The van der Waals surface area contributed by atoms with Gasteiger partial charge in [0.25, 0.3) is 0 Å². The van der Waals surface area contributed by atoms with Gasteiger partial charge in [-0.15, -0.1) is 0 Å². The third-order valence-corrected chi connectivity index (χ3v) is 4.70. The van der Waals surface area contributed by atoms with Crippen LogP contribution >= 0.6 is 11.3 Å². The van der Waals surface area contributed by atoms with Crippen molar-refractivity contribution < 1.29 is 0 Å². The van der Waals surface area contributed by atoms with Crippen LogP contribution in [-0.2, 0) is 0 Å². The van der Waals surface area contributed by atoms with Crippen molar-refractivity contribution in [3.8, 4) is 0 Å². The topological polar surface area (TPSA) is 15.3 Å². The molecule has 2 atom stereocenters. The normalized spacial score (nSPS) is 24.1. The summed E-state index contributed by atoms with van der Waals surface area (Å²) in [5, 5.41) is 8.28. The van der Waals surface area contributed by atoms with Crippen LogP contribution in [0.5, 0.6) is 0 Å². The molecule has 2 rings (SSSR count). The maximum atomic E-state index is 3.80. The molecule has 0 bridgehead atoms. The average molecular weight is 295 g/mol. The molecule has 0 aromatic carbocycles. The first-order chi connectivity index (χ1) is 9.48. The van der Waals surface area contributed by atoms with E-state index in [-0.39, 0.29) is 0 Å². The molecule has 2 unspecified atom stereocenters. The Bertz CT molecular complexity index is 380. The number of hydrogen-bond acceptors (Lipinski definition) is 3. The van der Waals surface area contributed by atoms with E-state index in [0.29, 0.717) is 11.5 Å². The van der Waals surface area contributed by atoms with Gasteiger partial charge in [0, 0.05) is 36.7 Å². The summed E-state index contributed by atoms with van der Waals surface area (Å²) in [5.41, 5.74) is 1.78. The maximum Gasteiger partial charge on any atom is 0.0475 e. The van der Waals surface area contributed by atoms with Crippen LogP contribution in [0.25, 0.3) is 0 Å². The Balaban J connectivity index is 1.97. The Kier molecular flexibility index (Phi) is 5.50. The van der Waals surface area contributed by atoms with Gasteiger partial charge in [0.1, 0.15) is 0 Å². The molecule has 0 amide bonds. The number of nitrogens with zero attached hydrogens (tertiary/aromatic N) is 1. The zero-order valence-corrected chi connectivity index (χ0v) is 14.3. The fourth-order valence-electron chi connectivity index (χ4n) is 3.07. The molecule has 0 saturated carbocycles. The van der Waals surface area contributed by atoms with E-state index in [0.717, 1.165) is 19.0 Å². The van der Waals surface area contributed by atoms with E-state index in [9.17, 15) is 0 Å². The number of piperidine rings is 1. The van der Waals surface area contributed by atoms with E-state index >= 15 is 0 Å². The third-order valence-electron chi connectivity index (χ3n) is 4.03. The quantitative estimate of drug-likeness (QED) is 0.867. The molecule has 0 aliphatic carbocycles. The number of thiophene rings is 1. The van der Waals surface area contributed by atoms with Gasteiger partial charge in [0.15, 0.2) is 0 Å². The van der Waals surface area contributed by atoms with Gasteiger partial charge in [-0.3, -0.25) is 0 Å². The Labute approximate surface area is 128 Å². The zero-order valence-electron chi connectivity index (χ0n) is 13.5. The van der Waals surface area contributed by atoms with Gasteiger partial charge in [-0.05, 0) is 35.6 Å². The summed E-state index contributed by atoms with van der Waals surface area (Å²) in [6, 6.07) is 2.90. The van der Waals surface area contributed by atoms with Crippen LogP contribution in [0.1, 0.15) is 47.0 Å². The lowest BCUT2D eigenvalue weighted by atomic mass is 9.89. The highest BCUT2D eigenvalue weighted by Gasteiger charge is 2.27. The van der Waals surface area contributed by atoms with E-state index in [1.54, 1.807) is 11.3 Å². The molecule has 1 saturated heterocycles. The highest BCUT2D eigenvalue weighted by atomic mass is 32.1. The van der Waals surface area contributed by atoms with E-state index in [2.05, 4.69) is 54.7 Å². The van der Waals surface area contributed by atoms with Gasteiger partial charge in [0.2, 0.25) is 0 Å². The molecule has 2 nitrogen and oxygen atoms in total. The van der Waals surface area contributed by atoms with Gasteiger partial charge < -0.3 is 10.2 Å². The molecule has 0 radical (unpaired) electrons. The van der Waals surface area contributed by atoms with Crippen molar-refractivity contribution >= 4 is 17.0 Å². The summed E-state index contributed by atoms with van der Waals surface area (Å²) in [4.78, 5) is 2.58. The summed E-state index contributed by atoms with van der Waals surface area (Å²) in [6.07, 6.45) is 3.99. The van der Waals surface area contributed by atoms with E-state index in [4.69, 9.17) is 0 Å².